The molecule has 0 aliphatic heterocycles. The van der Waals surface area contributed by atoms with E-state index < -0.39 is 0 Å². The number of hydrogen-bond acceptors (Lipinski definition) is 3. The Kier molecular flexibility index (Phi) is 12.2. The first-order valence-electron chi connectivity index (χ1n) is 9.59. The van der Waals surface area contributed by atoms with Crippen molar-refractivity contribution >= 4 is 5.78 Å². The molecule has 0 spiro atoms. The van der Waals surface area contributed by atoms with Gasteiger partial charge in [0, 0.05) is 43.2 Å². The van der Waals surface area contributed by atoms with E-state index in [1.807, 2.05) is 19.1 Å². The van der Waals surface area contributed by atoms with E-state index in [9.17, 15) is 4.79 Å². The third-order valence-corrected chi connectivity index (χ3v) is 4.43. The standard InChI is InChI=1S/C23H38N2O/c1-9-13-21(10-2)17-25(12-4)19(7)16-24-20(8)22(14-18(5)6)15-23(26)11-3/h9-10,13,18,22,24H,1-2,7-8,11-12,14-17H2,3-6H3/b21-13+. The summed E-state index contributed by atoms with van der Waals surface area (Å²) in [6.45, 7) is 26.6. The van der Waals surface area contributed by atoms with Crippen LogP contribution in [-0.2, 0) is 4.79 Å². The highest BCUT2D eigenvalue weighted by Crippen LogP contribution is 2.22. The van der Waals surface area contributed by atoms with Crippen molar-refractivity contribution in [2.45, 2.75) is 47.0 Å². The molecule has 1 atom stereocenters. The predicted octanol–water partition coefficient (Wildman–Crippen LogP) is 5.26. The largest absolute Gasteiger partial charge is 0.383 e. The molecule has 0 amide bonds. The maximum Gasteiger partial charge on any atom is 0.133 e. The van der Waals surface area contributed by atoms with Gasteiger partial charge in [0.25, 0.3) is 0 Å². The number of hydrogen-bond donors (Lipinski definition) is 1. The number of rotatable bonds is 15. The van der Waals surface area contributed by atoms with Gasteiger partial charge in [-0.2, -0.15) is 0 Å². The van der Waals surface area contributed by atoms with E-state index in [1.165, 1.54) is 0 Å². The van der Waals surface area contributed by atoms with Crippen molar-refractivity contribution in [3.05, 3.63) is 61.5 Å². The quantitative estimate of drug-likeness (QED) is 0.406. The highest BCUT2D eigenvalue weighted by molar-refractivity contribution is 5.78. The Morgan fingerprint density at radius 1 is 1.19 bits per heavy atom. The summed E-state index contributed by atoms with van der Waals surface area (Å²) < 4.78 is 0. The van der Waals surface area contributed by atoms with E-state index in [4.69, 9.17) is 0 Å². The Hall–Kier alpha value is -2.03. The van der Waals surface area contributed by atoms with Crippen LogP contribution in [0.5, 0.6) is 0 Å². The first-order chi connectivity index (χ1) is 12.3. The zero-order chi connectivity index (χ0) is 20.1. The number of ketones is 1. The fourth-order valence-electron chi connectivity index (χ4n) is 2.81. The number of carbonyl (C=O) groups excluding carboxylic acids is 1. The van der Waals surface area contributed by atoms with Gasteiger partial charge in [-0.15, -0.1) is 0 Å². The van der Waals surface area contributed by atoms with Gasteiger partial charge >= 0.3 is 0 Å². The molecule has 0 aromatic carbocycles. The van der Waals surface area contributed by atoms with Crippen LogP contribution in [0.15, 0.2) is 61.5 Å². The second-order valence-electron chi connectivity index (χ2n) is 7.06. The number of carbonyl (C=O) groups is 1. The molecule has 0 heterocycles. The minimum atomic E-state index is 0.176. The van der Waals surface area contributed by atoms with Crippen LogP contribution in [0.2, 0.25) is 0 Å². The van der Waals surface area contributed by atoms with Gasteiger partial charge in [-0.05, 0) is 24.8 Å². The smallest absolute Gasteiger partial charge is 0.133 e. The minimum Gasteiger partial charge on any atom is -0.383 e. The normalized spacial score (nSPS) is 12.4. The second-order valence-corrected chi connectivity index (χ2v) is 7.06. The fraction of sp³-hybridized carbons (Fsp3) is 0.522. The van der Waals surface area contributed by atoms with E-state index >= 15 is 0 Å². The van der Waals surface area contributed by atoms with Crippen LogP contribution in [0.3, 0.4) is 0 Å². The van der Waals surface area contributed by atoms with Gasteiger partial charge in [0.15, 0.2) is 0 Å². The molecular weight excluding hydrogens is 320 g/mol. The maximum atomic E-state index is 11.9. The lowest BCUT2D eigenvalue weighted by molar-refractivity contribution is -0.119. The van der Waals surface area contributed by atoms with Crippen LogP contribution in [0.25, 0.3) is 0 Å². The van der Waals surface area contributed by atoms with Crippen LogP contribution in [-0.4, -0.2) is 30.3 Å². The van der Waals surface area contributed by atoms with Crippen LogP contribution >= 0.6 is 0 Å². The van der Waals surface area contributed by atoms with Crippen molar-refractivity contribution in [3.63, 3.8) is 0 Å². The van der Waals surface area contributed by atoms with Gasteiger partial charge < -0.3 is 10.2 Å². The molecule has 1 unspecified atom stereocenters. The summed E-state index contributed by atoms with van der Waals surface area (Å²) in [5, 5.41) is 3.40. The minimum absolute atomic E-state index is 0.176. The van der Waals surface area contributed by atoms with E-state index in [-0.39, 0.29) is 11.7 Å². The lowest BCUT2D eigenvalue weighted by Gasteiger charge is -2.28. The summed E-state index contributed by atoms with van der Waals surface area (Å²) in [5.41, 5.74) is 3.03. The molecule has 0 aromatic rings. The third kappa shape index (κ3) is 9.45. The van der Waals surface area contributed by atoms with Gasteiger partial charge in [-0.25, -0.2) is 0 Å². The van der Waals surface area contributed by atoms with E-state index in [1.54, 1.807) is 6.08 Å². The summed E-state index contributed by atoms with van der Waals surface area (Å²) in [6.07, 6.45) is 7.69. The Balaban J connectivity index is 4.82. The fourth-order valence-corrected chi connectivity index (χ4v) is 2.81. The summed E-state index contributed by atoms with van der Waals surface area (Å²) in [4.78, 5) is 14.1. The highest BCUT2D eigenvalue weighted by Gasteiger charge is 2.18. The van der Waals surface area contributed by atoms with Crippen LogP contribution in [0.1, 0.15) is 47.0 Å². The average Bonchev–Trinajstić information content (AvgIpc) is 2.61. The van der Waals surface area contributed by atoms with Gasteiger partial charge in [0.2, 0.25) is 0 Å². The first kappa shape index (κ1) is 24.0. The zero-order valence-electron chi connectivity index (χ0n) is 17.3. The monoisotopic (exact) mass is 358 g/mol. The summed E-state index contributed by atoms with van der Waals surface area (Å²) in [7, 11) is 0. The lowest BCUT2D eigenvalue weighted by atomic mass is 9.89. The summed E-state index contributed by atoms with van der Waals surface area (Å²) >= 11 is 0. The SMILES string of the molecule is C=C/C=C(\C=C)CN(CC)C(=C)CNC(=C)C(CC(=O)CC)CC(C)C. The summed E-state index contributed by atoms with van der Waals surface area (Å²) in [6, 6.07) is 0. The molecule has 0 bridgehead atoms. The van der Waals surface area contributed by atoms with Gasteiger partial charge in [0.1, 0.15) is 5.78 Å². The Bertz CT molecular complexity index is 528. The molecule has 0 rings (SSSR count). The molecule has 0 aliphatic rings. The predicted molar refractivity (Wildman–Crippen MR) is 115 cm³/mol. The van der Waals surface area contributed by atoms with Crippen LogP contribution in [0.4, 0.5) is 0 Å². The average molecular weight is 359 g/mol. The Labute approximate surface area is 161 Å². The number of likely N-dealkylation sites (N-methyl/N-ethyl adjacent to an activating group) is 1. The van der Waals surface area contributed by atoms with Crippen molar-refractivity contribution in [2.75, 3.05) is 19.6 Å². The summed E-state index contributed by atoms with van der Waals surface area (Å²) in [5.74, 6) is 0.991. The van der Waals surface area contributed by atoms with Gasteiger partial charge in [-0.3, -0.25) is 4.79 Å². The van der Waals surface area contributed by atoms with Gasteiger partial charge in [-0.1, -0.05) is 65.3 Å². The molecule has 26 heavy (non-hydrogen) atoms. The second kappa shape index (κ2) is 13.2. The number of nitrogens with one attached hydrogen (secondary N) is 1. The van der Waals surface area contributed by atoms with Crippen molar-refractivity contribution in [2.24, 2.45) is 11.8 Å². The molecule has 1 N–H and O–H groups in total. The Morgan fingerprint density at radius 3 is 2.31 bits per heavy atom. The van der Waals surface area contributed by atoms with Crippen molar-refractivity contribution in [3.8, 4) is 0 Å². The molecule has 0 aliphatic carbocycles. The number of allylic oxidation sites excluding steroid dienone is 3. The van der Waals surface area contributed by atoms with Crippen molar-refractivity contribution in [1.29, 1.82) is 0 Å². The highest BCUT2D eigenvalue weighted by atomic mass is 16.1. The molecule has 0 saturated heterocycles. The zero-order valence-corrected chi connectivity index (χ0v) is 17.3. The molecule has 0 saturated carbocycles. The van der Waals surface area contributed by atoms with Crippen molar-refractivity contribution < 1.29 is 4.79 Å². The third-order valence-electron chi connectivity index (χ3n) is 4.43. The molecule has 3 nitrogen and oxygen atoms in total. The molecule has 3 heteroatoms. The topological polar surface area (TPSA) is 32.3 Å². The lowest BCUT2D eigenvalue weighted by Crippen LogP contribution is -2.32. The maximum absolute atomic E-state index is 11.9. The van der Waals surface area contributed by atoms with E-state index in [0.29, 0.717) is 25.3 Å². The number of nitrogens with zero attached hydrogens (tertiary/aromatic N) is 1. The Morgan fingerprint density at radius 2 is 1.85 bits per heavy atom. The van der Waals surface area contributed by atoms with E-state index in [2.05, 4.69) is 57.3 Å². The van der Waals surface area contributed by atoms with Gasteiger partial charge in [0.05, 0.1) is 6.54 Å². The molecule has 146 valence electrons. The molecule has 0 fully saturated rings. The molecule has 0 radical (unpaired) electrons. The van der Waals surface area contributed by atoms with Crippen LogP contribution in [0, 0.1) is 11.8 Å². The number of Topliss-reactive ketones (excluding diaryl/α,β-unsaturated/α-hetero) is 1. The first-order valence-corrected chi connectivity index (χ1v) is 9.59. The van der Waals surface area contributed by atoms with Crippen LogP contribution < -0.4 is 5.32 Å². The van der Waals surface area contributed by atoms with E-state index in [0.717, 1.165) is 36.5 Å². The molecular formula is C23H38N2O. The van der Waals surface area contributed by atoms with Crippen molar-refractivity contribution in [1.82, 2.24) is 10.2 Å². The molecule has 0 aromatic heterocycles.